The standard InChI is InChI=1S/C33H28FN7O3S2/c1-19-26(36-18-45-19)15-41-27-13-22(33(42)43)5-6-25(27)37-29(41)16-40-9-7-21(8-10-40)24-3-2-4-30(38-24)44-17-31-39-32-23(34)11-20(14-35)12-28(32)46-31/h2-6,11-13,18,21H,7-10,15-17H2,1H3,(H,42,43). The molecule has 0 spiro atoms. The van der Waals surface area contributed by atoms with Crippen molar-refractivity contribution in [3.63, 3.8) is 0 Å². The van der Waals surface area contributed by atoms with Crippen LogP contribution in [-0.2, 0) is 19.7 Å². The molecule has 2 aromatic carbocycles. The molecule has 0 amide bonds. The predicted molar refractivity (Wildman–Crippen MR) is 173 cm³/mol. The number of hydrogen-bond donors (Lipinski definition) is 1. The van der Waals surface area contributed by atoms with Gasteiger partial charge in [-0.15, -0.1) is 22.7 Å². The van der Waals surface area contributed by atoms with Crippen LogP contribution in [-0.4, -0.2) is 53.6 Å². The van der Waals surface area contributed by atoms with Crippen LogP contribution in [0.2, 0.25) is 0 Å². The first-order chi connectivity index (χ1) is 22.3. The molecule has 0 radical (unpaired) electrons. The first kappa shape index (κ1) is 29.9. The van der Waals surface area contributed by atoms with E-state index in [9.17, 15) is 14.3 Å². The summed E-state index contributed by atoms with van der Waals surface area (Å²) in [6.45, 7) is 5.09. The summed E-state index contributed by atoms with van der Waals surface area (Å²) in [5.41, 5.74) is 6.07. The number of carboxylic acid groups (broad SMARTS) is 1. The number of likely N-dealkylation sites (tertiary alicyclic amines) is 1. The third-order valence-corrected chi connectivity index (χ3v) is 10.1. The minimum atomic E-state index is -0.964. The Morgan fingerprint density at radius 3 is 2.74 bits per heavy atom. The second-order valence-electron chi connectivity index (χ2n) is 11.2. The van der Waals surface area contributed by atoms with Crippen molar-refractivity contribution in [2.24, 2.45) is 0 Å². The van der Waals surface area contributed by atoms with Crippen LogP contribution >= 0.6 is 22.7 Å². The normalized spacial score (nSPS) is 14.2. The number of aromatic carboxylic acids is 1. The number of benzene rings is 2. The van der Waals surface area contributed by atoms with Gasteiger partial charge in [-0.05, 0) is 69.3 Å². The van der Waals surface area contributed by atoms with Crippen LogP contribution in [0.15, 0.2) is 54.0 Å². The fourth-order valence-electron chi connectivity index (χ4n) is 5.85. The number of carbonyl (C=O) groups is 1. The number of halogens is 1. The number of rotatable bonds is 9. The molecule has 1 aliphatic rings. The van der Waals surface area contributed by atoms with Crippen molar-refractivity contribution in [3.05, 3.63) is 98.1 Å². The Balaban J connectivity index is 1.02. The summed E-state index contributed by atoms with van der Waals surface area (Å²) in [5.74, 6) is 0.172. The molecule has 0 atom stereocenters. The number of hydrogen-bond acceptors (Lipinski definition) is 10. The number of nitrogens with zero attached hydrogens (tertiary/aromatic N) is 7. The first-order valence-corrected chi connectivity index (χ1v) is 16.5. The number of aryl methyl sites for hydroxylation is 1. The van der Waals surface area contributed by atoms with E-state index in [-0.39, 0.29) is 29.2 Å². The number of ether oxygens (including phenoxy) is 1. The molecular weight excluding hydrogens is 626 g/mol. The lowest BCUT2D eigenvalue weighted by atomic mass is 9.93. The van der Waals surface area contributed by atoms with Crippen molar-refractivity contribution in [1.29, 1.82) is 5.26 Å². The van der Waals surface area contributed by atoms with Crippen molar-refractivity contribution >= 4 is 49.9 Å². The molecule has 1 aliphatic heterocycles. The van der Waals surface area contributed by atoms with E-state index in [1.807, 2.05) is 36.7 Å². The molecule has 1 fully saturated rings. The second-order valence-corrected chi connectivity index (χ2v) is 13.4. The molecule has 13 heteroatoms. The highest BCUT2D eigenvalue weighted by atomic mass is 32.1. The fourth-order valence-corrected chi connectivity index (χ4v) is 7.38. The van der Waals surface area contributed by atoms with Crippen LogP contribution in [0.25, 0.3) is 21.3 Å². The van der Waals surface area contributed by atoms with Gasteiger partial charge in [0.15, 0.2) is 5.82 Å². The van der Waals surface area contributed by atoms with Gasteiger partial charge in [0, 0.05) is 22.6 Å². The van der Waals surface area contributed by atoms with Crippen molar-refractivity contribution in [1.82, 2.24) is 29.4 Å². The zero-order chi connectivity index (χ0) is 31.8. The lowest BCUT2D eigenvalue weighted by molar-refractivity contribution is 0.0697. The minimum absolute atomic E-state index is 0.158. The van der Waals surface area contributed by atoms with Crippen LogP contribution in [0.5, 0.6) is 5.88 Å². The van der Waals surface area contributed by atoms with Crippen molar-refractivity contribution < 1.29 is 19.0 Å². The molecular formula is C33H28FN7O3S2. The predicted octanol–water partition coefficient (Wildman–Crippen LogP) is 6.52. The smallest absolute Gasteiger partial charge is 0.335 e. The molecule has 5 heterocycles. The molecule has 1 saturated heterocycles. The average Bonchev–Trinajstić information content (AvgIpc) is 3.77. The quantitative estimate of drug-likeness (QED) is 0.185. The van der Waals surface area contributed by atoms with E-state index in [4.69, 9.17) is 20.0 Å². The summed E-state index contributed by atoms with van der Waals surface area (Å²) >= 11 is 2.90. The van der Waals surface area contributed by atoms with E-state index in [2.05, 4.69) is 19.4 Å². The summed E-state index contributed by atoms with van der Waals surface area (Å²) in [4.78, 5) is 33.8. The van der Waals surface area contributed by atoms with Gasteiger partial charge in [0.2, 0.25) is 5.88 Å². The molecule has 1 N–H and O–H groups in total. The van der Waals surface area contributed by atoms with Gasteiger partial charge in [0.05, 0.1) is 57.2 Å². The Morgan fingerprint density at radius 1 is 1.13 bits per heavy atom. The van der Waals surface area contributed by atoms with Crippen molar-refractivity contribution in [2.75, 3.05) is 13.1 Å². The Morgan fingerprint density at radius 2 is 1.98 bits per heavy atom. The highest BCUT2D eigenvalue weighted by Gasteiger charge is 2.24. The topological polar surface area (TPSA) is 130 Å². The number of nitriles is 1. The van der Waals surface area contributed by atoms with Crippen molar-refractivity contribution in [3.8, 4) is 11.9 Å². The van der Waals surface area contributed by atoms with E-state index >= 15 is 0 Å². The summed E-state index contributed by atoms with van der Waals surface area (Å²) in [6, 6.07) is 15.7. The van der Waals surface area contributed by atoms with Gasteiger partial charge in [0.1, 0.15) is 23.0 Å². The summed E-state index contributed by atoms with van der Waals surface area (Å²) in [5, 5.41) is 19.3. The molecule has 232 valence electrons. The Kier molecular flexibility index (Phi) is 8.16. The average molecular weight is 654 g/mol. The molecule has 6 aromatic rings. The summed E-state index contributed by atoms with van der Waals surface area (Å²) in [6.07, 6.45) is 1.84. The van der Waals surface area contributed by atoms with Gasteiger partial charge in [-0.1, -0.05) is 6.07 Å². The maximum Gasteiger partial charge on any atom is 0.335 e. The maximum absolute atomic E-state index is 14.3. The Hall–Kier alpha value is -4.77. The van der Waals surface area contributed by atoms with Gasteiger partial charge in [-0.25, -0.2) is 29.1 Å². The van der Waals surface area contributed by atoms with Gasteiger partial charge < -0.3 is 14.4 Å². The lowest BCUT2D eigenvalue weighted by Gasteiger charge is -2.31. The summed E-state index contributed by atoms with van der Waals surface area (Å²) < 4.78 is 23.0. The van der Waals surface area contributed by atoms with Crippen LogP contribution < -0.4 is 4.74 Å². The molecule has 7 rings (SSSR count). The molecule has 4 aromatic heterocycles. The summed E-state index contributed by atoms with van der Waals surface area (Å²) in [7, 11) is 0. The van der Waals surface area contributed by atoms with E-state index in [1.165, 1.54) is 17.4 Å². The van der Waals surface area contributed by atoms with Crippen molar-refractivity contribution in [2.45, 2.75) is 45.4 Å². The minimum Gasteiger partial charge on any atom is -0.478 e. The number of aromatic nitrogens is 5. The van der Waals surface area contributed by atoms with Gasteiger partial charge in [-0.3, -0.25) is 4.90 Å². The molecule has 0 saturated carbocycles. The van der Waals surface area contributed by atoms with Crippen LogP contribution in [0.1, 0.15) is 61.8 Å². The van der Waals surface area contributed by atoms with E-state index < -0.39 is 11.8 Å². The van der Waals surface area contributed by atoms with Gasteiger partial charge >= 0.3 is 5.97 Å². The van der Waals surface area contributed by atoms with E-state index in [0.29, 0.717) is 28.7 Å². The molecule has 10 nitrogen and oxygen atoms in total. The molecule has 46 heavy (non-hydrogen) atoms. The number of pyridine rings is 1. The fraction of sp³-hybridized carbons (Fsp3) is 0.273. The second kappa shape index (κ2) is 12.6. The Labute approximate surface area is 271 Å². The number of fused-ring (bicyclic) bond motifs is 2. The monoisotopic (exact) mass is 653 g/mol. The first-order valence-electron chi connectivity index (χ1n) is 14.8. The zero-order valence-corrected chi connectivity index (χ0v) is 26.4. The highest BCUT2D eigenvalue weighted by molar-refractivity contribution is 7.18. The SMILES string of the molecule is Cc1scnc1Cn1c(CN2CCC(c3cccc(OCc4nc5c(F)cc(C#N)cc5s4)n3)CC2)nc2ccc(C(=O)O)cc21. The lowest BCUT2D eigenvalue weighted by Crippen LogP contribution is -2.33. The molecule has 0 unspecified atom stereocenters. The van der Waals surface area contributed by atoms with E-state index in [1.54, 1.807) is 35.6 Å². The van der Waals surface area contributed by atoms with Gasteiger partial charge in [-0.2, -0.15) is 5.26 Å². The zero-order valence-electron chi connectivity index (χ0n) is 24.8. The van der Waals surface area contributed by atoms with Crippen LogP contribution in [0, 0.1) is 24.1 Å². The largest absolute Gasteiger partial charge is 0.478 e. The van der Waals surface area contributed by atoms with Gasteiger partial charge in [0.25, 0.3) is 0 Å². The van der Waals surface area contributed by atoms with Crippen LogP contribution in [0.3, 0.4) is 0 Å². The third-order valence-electron chi connectivity index (χ3n) is 8.31. The third kappa shape index (κ3) is 6.06. The highest BCUT2D eigenvalue weighted by Crippen LogP contribution is 2.31. The molecule has 0 aliphatic carbocycles. The van der Waals surface area contributed by atoms with E-state index in [0.717, 1.165) is 59.1 Å². The number of imidazole rings is 1. The van der Waals surface area contributed by atoms with Crippen LogP contribution in [0.4, 0.5) is 4.39 Å². The Bertz CT molecular complexity index is 2130. The number of thiazole rings is 2. The maximum atomic E-state index is 14.3. The number of carboxylic acids is 1. The molecule has 0 bridgehead atoms. The number of piperidine rings is 1.